The Hall–Kier alpha value is -5.19. The van der Waals surface area contributed by atoms with Crippen LogP contribution in [0.25, 0.3) is 43.8 Å². The Balaban J connectivity index is 1.34. The van der Waals surface area contributed by atoms with Gasteiger partial charge in [0, 0.05) is 21.9 Å². The van der Waals surface area contributed by atoms with Gasteiger partial charge in [0.25, 0.3) is 0 Å². The van der Waals surface area contributed by atoms with Crippen LogP contribution in [0.4, 0.5) is 0 Å². The fraction of sp³-hybridized carbons (Fsp3) is 0.0541. The first kappa shape index (κ1) is 23.7. The maximum absolute atomic E-state index is 6.28. The molecule has 2 unspecified atom stereocenters. The highest BCUT2D eigenvalue weighted by atomic mass is 16.3. The van der Waals surface area contributed by atoms with E-state index in [1.165, 1.54) is 10.8 Å². The number of hydrogen-bond acceptors (Lipinski definition) is 4. The summed E-state index contributed by atoms with van der Waals surface area (Å²) >= 11 is 0. The summed E-state index contributed by atoms with van der Waals surface area (Å²) in [6.07, 6.45) is -0.400. The second-order valence-corrected chi connectivity index (χ2v) is 10.5. The number of aliphatic imine (C=N–C) groups is 1. The van der Waals surface area contributed by atoms with Gasteiger partial charge in [0.05, 0.1) is 0 Å². The zero-order valence-electron chi connectivity index (χ0n) is 22.3. The molecule has 0 aliphatic carbocycles. The van der Waals surface area contributed by atoms with Crippen LogP contribution >= 0.6 is 0 Å². The van der Waals surface area contributed by atoms with Crippen LogP contribution in [0.5, 0.6) is 0 Å². The number of nitrogens with one attached hydrogen (secondary N) is 2. The monoisotopic (exact) mass is 529 g/mol. The van der Waals surface area contributed by atoms with Crippen molar-refractivity contribution in [3.05, 3.63) is 156 Å². The van der Waals surface area contributed by atoms with Crippen molar-refractivity contribution in [1.82, 2.24) is 10.6 Å². The maximum atomic E-state index is 6.28. The van der Waals surface area contributed by atoms with Gasteiger partial charge in [0.2, 0.25) is 0 Å². The number of furan rings is 1. The standard InChI is InChI=1S/C37H27N3O/c1-3-12-25(13-4-1)35-38-36(26-14-5-2-6-15-26)40-37(39-35)34-28-16-8-7-11-24(28)19-21-29(34)27-20-22-31-30-17-9-10-18-32(30)41-33(31)23-27/h1-23,35,37,39H,(H,38,40). The SMILES string of the molecule is c1ccc(C2=NC(c3c(-c4ccc5c(c4)oc4ccccc45)ccc4ccccc34)NC(c3ccccc3)N2)cc1. The van der Waals surface area contributed by atoms with Gasteiger partial charge >= 0.3 is 0 Å². The average molecular weight is 530 g/mol. The Morgan fingerprint density at radius 2 is 1.27 bits per heavy atom. The summed E-state index contributed by atoms with van der Waals surface area (Å²) in [5, 5.41) is 12.1. The van der Waals surface area contributed by atoms with Crippen LogP contribution in [0.1, 0.15) is 29.0 Å². The van der Waals surface area contributed by atoms with Gasteiger partial charge in [0.15, 0.2) is 0 Å². The van der Waals surface area contributed by atoms with Gasteiger partial charge in [-0.2, -0.15) is 0 Å². The predicted molar refractivity (Wildman–Crippen MR) is 168 cm³/mol. The highest BCUT2D eigenvalue weighted by Gasteiger charge is 2.28. The van der Waals surface area contributed by atoms with Crippen LogP contribution in [-0.4, -0.2) is 5.84 Å². The molecule has 1 aliphatic rings. The summed E-state index contributed by atoms with van der Waals surface area (Å²) < 4.78 is 6.28. The lowest BCUT2D eigenvalue weighted by atomic mass is 9.91. The molecule has 6 aromatic carbocycles. The Morgan fingerprint density at radius 1 is 0.561 bits per heavy atom. The molecule has 0 amide bonds. The highest BCUT2D eigenvalue weighted by Crippen LogP contribution is 2.39. The van der Waals surface area contributed by atoms with E-state index < -0.39 is 0 Å². The molecule has 0 radical (unpaired) electrons. The van der Waals surface area contributed by atoms with Crippen LogP contribution in [-0.2, 0) is 0 Å². The molecule has 1 aliphatic heterocycles. The van der Waals surface area contributed by atoms with E-state index in [1.54, 1.807) is 0 Å². The molecular weight excluding hydrogens is 502 g/mol. The van der Waals surface area contributed by atoms with Crippen molar-refractivity contribution < 1.29 is 4.42 Å². The molecule has 1 aromatic heterocycles. The second kappa shape index (κ2) is 9.77. The molecule has 0 saturated heterocycles. The summed E-state index contributed by atoms with van der Waals surface area (Å²) in [7, 11) is 0. The molecule has 0 saturated carbocycles. The zero-order chi connectivity index (χ0) is 27.2. The third-order valence-electron chi connectivity index (χ3n) is 7.98. The lowest BCUT2D eigenvalue weighted by molar-refractivity contribution is 0.411. The quantitative estimate of drug-likeness (QED) is 0.240. The minimum absolute atomic E-state index is 0.112. The van der Waals surface area contributed by atoms with E-state index in [0.717, 1.165) is 55.6 Å². The van der Waals surface area contributed by atoms with Crippen LogP contribution in [0.2, 0.25) is 0 Å². The maximum Gasteiger partial charge on any atom is 0.136 e. The third-order valence-corrected chi connectivity index (χ3v) is 7.98. The van der Waals surface area contributed by atoms with Crippen molar-refractivity contribution in [3.63, 3.8) is 0 Å². The van der Waals surface area contributed by atoms with E-state index in [0.29, 0.717) is 0 Å². The van der Waals surface area contributed by atoms with Crippen molar-refractivity contribution in [2.75, 3.05) is 0 Å². The lowest BCUT2D eigenvalue weighted by Gasteiger charge is -2.33. The molecule has 8 rings (SSSR count). The second-order valence-electron chi connectivity index (χ2n) is 10.5. The molecule has 0 spiro atoms. The average Bonchev–Trinajstić information content (AvgIpc) is 3.43. The molecular formula is C37H27N3O. The molecule has 0 fully saturated rings. The smallest absolute Gasteiger partial charge is 0.136 e. The first-order chi connectivity index (χ1) is 20.3. The van der Waals surface area contributed by atoms with Crippen molar-refractivity contribution in [3.8, 4) is 11.1 Å². The molecule has 2 N–H and O–H groups in total. The predicted octanol–water partition coefficient (Wildman–Crippen LogP) is 8.74. The summed E-state index contributed by atoms with van der Waals surface area (Å²) in [6.45, 7) is 0. The molecule has 2 atom stereocenters. The Kier molecular flexibility index (Phi) is 5.64. The number of hydrogen-bond donors (Lipinski definition) is 2. The molecule has 41 heavy (non-hydrogen) atoms. The Bertz CT molecular complexity index is 2060. The van der Waals surface area contributed by atoms with Crippen molar-refractivity contribution in [1.29, 1.82) is 0 Å². The Morgan fingerprint density at radius 3 is 2.12 bits per heavy atom. The van der Waals surface area contributed by atoms with E-state index in [2.05, 4.69) is 126 Å². The highest BCUT2D eigenvalue weighted by molar-refractivity contribution is 6.06. The molecule has 0 bridgehead atoms. The minimum atomic E-state index is -0.288. The van der Waals surface area contributed by atoms with Crippen LogP contribution in [0.3, 0.4) is 0 Å². The number of amidine groups is 1. The Labute approximate surface area is 238 Å². The molecule has 2 heterocycles. The van der Waals surface area contributed by atoms with E-state index in [9.17, 15) is 0 Å². The van der Waals surface area contributed by atoms with E-state index >= 15 is 0 Å². The van der Waals surface area contributed by atoms with E-state index in [4.69, 9.17) is 9.41 Å². The van der Waals surface area contributed by atoms with Crippen LogP contribution in [0.15, 0.2) is 149 Å². The number of nitrogens with zero attached hydrogens (tertiary/aromatic N) is 1. The minimum Gasteiger partial charge on any atom is -0.456 e. The van der Waals surface area contributed by atoms with E-state index in [-0.39, 0.29) is 12.3 Å². The summed E-state index contributed by atoms with van der Waals surface area (Å²) in [5.74, 6) is 0.870. The van der Waals surface area contributed by atoms with Crippen molar-refractivity contribution in [2.24, 2.45) is 4.99 Å². The third kappa shape index (κ3) is 4.17. The molecule has 4 heteroatoms. The number of benzene rings is 6. The van der Waals surface area contributed by atoms with Crippen molar-refractivity contribution in [2.45, 2.75) is 12.3 Å². The fourth-order valence-corrected chi connectivity index (χ4v) is 6.00. The first-order valence-corrected chi connectivity index (χ1v) is 14.0. The van der Waals surface area contributed by atoms with Gasteiger partial charge < -0.3 is 9.73 Å². The summed E-state index contributed by atoms with van der Waals surface area (Å²) in [6, 6.07) is 48.6. The summed E-state index contributed by atoms with van der Waals surface area (Å²) in [5.41, 5.74) is 7.39. The largest absolute Gasteiger partial charge is 0.456 e. The van der Waals surface area contributed by atoms with Gasteiger partial charge in [-0.05, 0) is 45.7 Å². The van der Waals surface area contributed by atoms with Crippen molar-refractivity contribution >= 4 is 38.5 Å². The van der Waals surface area contributed by atoms with Gasteiger partial charge in [-0.25, -0.2) is 4.99 Å². The number of para-hydroxylation sites is 1. The first-order valence-electron chi connectivity index (χ1n) is 14.0. The normalized spacial score (nSPS) is 17.0. The zero-order valence-corrected chi connectivity index (χ0v) is 22.3. The lowest BCUT2D eigenvalue weighted by Crippen LogP contribution is -2.45. The number of rotatable bonds is 4. The van der Waals surface area contributed by atoms with Gasteiger partial charge in [0.1, 0.15) is 29.3 Å². The number of fused-ring (bicyclic) bond motifs is 4. The fourth-order valence-electron chi connectivity index (χ4n) is 6.00. The van der Waals surface area contributed by atoms with Gasteiger partial charge in [-0.15, -0.1) is 0 Å². The van der Waals surface area contributed by atoms with Crippen LogP contribution < -0.4 is 10.6 Å². The van der Waals surface area contributed by atoms with Gasteiger partial charge in [-0.1, -0.05) is 121 Å². The summed E-state index contributed by atoms with van der Waals surface area (Å²) in [4.78, 5) is 5.30. The molecule has 196 valence electrons. The molecule has 4 nitrogen and oxygen atoms in total. The molecule has 7 aromatic rings. The van der Waals surface area contributed by atoms with Crippen LogP contribution in [0, 0.1) is 0 Å². The topological polar surface area (TPSA) is 49.6 Å². The van der Waals surface area contributed by atoms with E-state index in [1.807, 2.05) is 24.3 Å². The van der Waals surface area contributed by atoms with Gasteiger partial charge in [-0.3, -0.25) is 5.32 Å².